The molecule has 1 aromatic rings. The Morgan fingerprint density at radius 3 is 2.52 bits per heavy atom. The molecule has 6 heteroatoms. The lowest BCUT2D eigenvalue weighted by molar-refractivity contribution is 0.313. The molecule has 0 unspecified atom stereocenters. The van der Waals surface area contributed by atoms with Crippen LogP contribution in [0.25, 0.3) is 0 Å². The Morgan fingerprint density at radius 1 is 1.24 bits per heavy atom. The molecule has 0 amide bonds. The molecule has 0 aliphatic heterocycles. The molecular weight excluding hydrogens is 288 g/mol. The van der Waals surface area contributed by atoms with E-state index >= 15 is 0 Å². The lowest BCUT2D eigenvalue weighted by atomic mass is 10.2. The van der Waals surface area contributed by atoms with E-state index in [1.807, 2.05) is 20.8 Å². The molecular formula is C15H26N2O3S. The van der Waals surface area contributed by atoms with E-state index in [0.29, 0.717) is 24.6 Å². The number of rotatable bonds is 9. The van der Waals surface area contributed by atoms with Crippen molar-refractivity contribution in [3.8, 4) is 5.75 Å². The van der Waals surface area contributed by atoms with Crippen LogP contribution in [0, 0.1) is 0 Å². The van der Waals surface area contributed by atoms with Crippen LogP contribution in [-0.2, 0) is 16.6 Å². The third kappa shape index (κ3) is 4.69. The maximum Gasteiger partial charge on any atom is 0.242 e. The minimum atomic E-state index is -3.42. The minimum Gasteiger partial charge on any atom is -0.493 e. The largest absolute Gasteiger partial charge is 0.493 e. The Kier molecular flexibility index (Phi) is 7.14. The van der Waals surface area contributed by atoms with Gasteiger partial charge in [0.25, 0.3) is 0 Å². The third-order valence-corrected chi connectivity index (χ3v) is 5.14. The molecule has 21 heavy (non-hydrogen) atoms. The van der Waals surface area contributed by atoms with Gasteiger partial charge in [0, 0.05) is 25.7 Å². The van der Waals surface area contributed by atoms with Crippen LogP contribution in [0.3, 0.4) is 0 Å². The molecule has 0 spiro atoms. The summed E-state index contributed by atoms with van der Waals surface area (Å²) < 4.78 is 31.8. The second-order valence-corrected chi connectivity index (χ2v) is 6.86. The van der Waals surface area contributed by atoms with Gasteiger partial charge in [0.1, 0.15) is 5.75 Å². The van der Waals surface area contributed by atoms with Gasteiger partial charge in [-0.3, -0.25) is 0 Å². The highest BCUT2D eigenvalue weighted by molar-refractivity contribution is 7.89. The van der Waals surface area contributed by atoms with Gasteiger partial charge in [-0.05, 0) is 31.2 Å². The van der Waals surface area contributed by atoms with Gasteiger partial charge in [-0.1, -0.05) is 20.8 Å². The molecule has 0 radical (unpaired) electrons. The van der Waals surface area contributed by atoms with Gasteiger partial charge in [0.2, 0.25) is 10.0 Å². The molecule has 120 valence electrons. The van der Waals surface area contributed by atoms with Crippen LogP contribution in [0.15, 0.2) is 23.1 Å². The zero-order valence-corrected chi connectivity index (χ0v) is 14.2. The minimum absolute atomic E-state index is 0.309. The summed E-state index contributed by atoms with van der Waals surface area (Å²) in [6, 6.07) is 5.07. The number of hydrogen-bond acceptors (Lipinski definition) is 4. The first-order valence-electron chi connectivity index (χ1n) is 7.40. The van der Waals surface area contributed by atoms with Crippen LogP contribution in [-0.4, -0.2) is 39.5 Å². The van der Waals surface area contributed by atoms with Gasteiger partial charge >= 0.3 is 0 Å². The smallest absolute Gasteiger partial charge is 0.242 e. The molecule has 1 rings (SSSR count). The fraction of sp³-hybridized carbons (Fsp3) is 0.600. The predicted octanol–water partition coefficient (Wildman–Crippen LogP) is 2.23. The summed E-state index contributed by atoms with van der Waals surface area (Å²) in [5, 5.41) is 3.21. The highest BCUT2D eigenvalue weighted by atomic mass is 32.2. The van der Waals surface area contributed by atoms with Gasteiger partial charge < -0.3 is 10.1 Å². The average Bonchev–Trinajstić information content (AvgIpc) is 2.50. The van der Waals surface area contributed by atoms with E-state index in [0.717, 1.165) is 24.3 Å². The molecule has 0 fully saturated rings. The molecule has 0 saturated heterocycles. The van der Waals surface area contributed by atoms with E-state index in [1.54, 1.807) is 25.2 Å². The van der Waals surface area contributed by atoms with Crippen LogP contribution in [0.4, 0.5) is 0 Å². The normalized spacial score (nSPS) is 11.9. The second kappa shape index (κ2) is 8.36. The van der Waals surface area contributed by atoms with E-state index in [-0.39, 0.29) is 0 Å². The fourth-order valence-corrected chi connectivity index (χ4v) is 3.05. The molecule has 0 atom stereocenters. The zero-order chi connectivity index (χ0) is 15.9. The zero-order valence-electron chi connectivity index (χ0n) is 13.3. The molecule has 0 aromatic heterocycles. The fourth-order valence-electron chi connectivity index (χ4n) is 1.82. The monoisotopic (exact) mass is 314 g/mol. The van der Waals surface area contributed by atoms with Crippen LogP contribution in [0.5, 0.6) is 5.75 Å². The van der Waals surface area contributed by atoms with Gasteiger partial charge in [-0.15, -0.1) is 0 Å². The molecule has 5 nitrogen and oxygen atoms in total. The Bertz CT molecular complexity index is 544. The van der Waals surface area contributed by atoms with Crippen LogP contribution < -0.4 is 10.1 Å². The third-order valence-electron chi connectivity index (χ3n) is 3.21. The van der Waals surface area contributed by atoms with Crippen molar-refractivity contribution in [3.63, 3.8) is 0 Å². The molecule has 0 saturated carbocycles. The molecule has 1 aromatic carbocycles. The first-order valence-corrected chi connectivity index (χ1v) is 8.84. The maximum atomic E-state index is 12.4. The van der Waals surface area contributed by atoms with E-state index in [4.69, 9.17) is 4.74 Å². The van der Waals surface area contributed by atoms with Crippen molar-refractivity contribution in [2.45, 2.75) is 38.6 Å². The topological polar surface area (TPSA) is 58.6 Å². The maximum absolute atomic E-state index is 12.4. The Balaban J connectivity index is 3.14. The van der Waals surface area contributed by atoms with Crippen molar-refractivity contribution in [1.82, 2.24) is 9.62 Å². The van der Waals surface area contributed by atoms with Gasteiger partial charge in [-0.25, -0.2) is 12.7 Å². The van der Waals surface area contributed by atoms with Crippen molar-refractivity contribution < 1.29 is 13.2 Å². The first-order chi connectivity index (χ1) is 9.97. The first kappa shape index (κ1) is 17.9. The van der Waals surface area contributed by atoms with Gasteiger partial charge in [0.15, 0.2) is 0 Å². The molecule has 1 N–H and O–H groups in total. The number of hydrogen-bond donors (Lipinski definition) is 1. The number of nitrogens with one attached hydrogen (secondary N) is 1. The Labute approximate surface area is 128 Å². The number of ether oxygens (including phenoxy) is 1. The summed E-state index contributed by atoms with van der Waals surface area (Å²) in [5.74, 6) is 0.746. The van der Waals surface area contributed by atoms with Crippen molar-refractivity contribution in [2.24, 2.45) is 0 Å². The van der Waals surface area contributed by atoms with E-state index < -0.39 is 10.0 Å². The average molecular weight is 314 g/mol. The van der Waals surface area contributed by atoms with Crippen molar-refractivity contribution in [3.05, 3.63) is 23.8 Å². The van der Waals surface area contributed by atoms with Crippen molar-refractivity contribution in [2.75, 3.05) is 26.7 Å². The summed E-state index contributed by atoms with van der Waals surface area (Å²) in [6.45, 7) is 8.35. The summed E-state index contributed by atoms with van der Waals surface area (Å²) in [5.41, 5.74) is 0.871. The number of nitrogens with zero attached hydrogens (tertiary/aromatic N) is 1. The molecule has 0 aliphatic carbocycles. The van der Waals surface area contributed by atoms with Crippen molar-refractivity contribution in [1.29, 1.82) is 0 Å². The molecule has 0 heterocycles. The quantitative estimate of drug-likeness (QED) is 0.759. The van der Waals surface area contributed by atoms with E-state index in [2.05, 4.69) is 5.32 Å². The Hall–Kier alpha value is -1.11. The van der Waals surface area contributed by atoms with E-state index in [1.165, 1.54) is 4.31 Å². The summed E-state index contributed by atoms with van der Waals surface area (Å²) in [4.78, 5) is 0.309. The van der Waals surface area contributed by atoms with Crippen LogP contribution in [0.1, 0.15) is 32.8 Å². The lowest BCUT2D eigenvalue weighted by Gasteiger charge is -2.17. The van der Waals surface area contributed by atoms with Crippen LogP contribution in [0.2, 0.25) is 0 Å². The van der Waals surface area contributed by atoms with Gasteiger partial charge in [0.05, 0.1) is 11.5 Å². The van der Waals surface area contributed by atoms with Crippen LogP contribution >= 0.6 is 0 Å². The molecule has 0 aliphatic rings. The predicted molar refractivity (Wildman–Crippen MR) is 85.1 cm³/mol. The van der Waals surface area contributed by atoms with Crippen molar-refractivity contribution >= 4 is 10.0 Å². The summed E-state index contributed by atoms with van der Waals surface area (Å²) in [7, 11) is -1.84. The highest BCUT2D eigenvalue weighted by Crippen LogP contribution is 2.24. The Morgan fingerprint density at radius 2 is 1.95 bits per heavy atom. The SMILES string of the molecule is CCCOc1ccc(S(=O)(=O)N(C)CC)cc1CNCC. The molecule has 0 bridgehead atoms. The lowest BCUT2D eigenvalue weighted by Crippen LogP contribution is -2.26. The number of sulfonamides is 1. The second-order valence-electron chi connectivity index (χ2n) is 4.82. The highest BCUT2D eigenvalue weighted by Gasteiger charge is 2.20. The number of benzene rings is 1. The summed E-state index contributed by atoms with van der Waals surface area (Å²) in [6.07, 6.45) is 0.916. The van der Waals surface area contributed by atoms with E-state index in [9.17, 15) is 8.42 Å². The standard InChI is InChI=1S/C15H26N2O3S/c1-5-10-20-15-9-8-14(11-13(15)12-16-6-2)21(18,19)17(4)7-3/h8-9,11,16H,5-7,10,12H2,1-4H3. The summed E-state index contributed by atoms with van der Waals surface area (Å²) >= 11 is 0. The van der Waals surface area contributed by atoms with Gasteiger partial charge in [-0.2, -0.15) is 0 Å².